The molecule has 1 amide bonds. The van der Waals surface area contributed by atoms with Crippen LogP contribution in [0.5, 0.6) is 5.75 Å². The van der Waals surface area contributed by atoms with Gasteiger partial charge in [-0.3, -0.25) is 4.79 Å². The summed E-state index contributed by atoms with van der Waals surface area (Å²) in [6.45, 7) is 0.702. The summed E-state index contributed by atoms with van der Waals surface area (Å²) in [7, 11) is 0. The standard InChI is InChI=1S/C15H13BrFNO2/c16-12-4-6-14(7-5-12)20-9-8-18-15(19)11-2-1-3-13(17)10-11/h1-7,10H,8-9H2,(H,18,19). The van der Waals surface area contributed by atoms with Gasteiger partial charge in [0.15, 0.2) is 0 Å². The number of ether oxygens (including phenoxy) is 1. The molecule has 0 bridgehead atoms. The zero-order chi connectivity index (χ0) is 14.4. The molecule has 5 heteroatoms. The molecule has 0 aliphatic carbocycles. The molecule has 0 saturated heterocycles. The minimum Gasteiger partial charge on any atom is -0.492 e. The van der Waals surface area contributed by atoms with E-state index in [0.717, 1.165) is 10.2 Å². The Morgan fingerprint density at radius 1 is 1.20 bits per heavy atom. The van der Waals surface area contributed by atoms with E-state index in [1.807, 2.05) is 24.3 Å². The van der Waals surface area contributed by atoms with Crippen molar-refractivity contribution < 1.29 is 13.9 Å². The van der Waals surface area contributed by atoms with Gasteiger partial charge in [-0.25, -0.2) is 4.39 Å². The predicted molar refractivity (Wildman–Crippen MR) is 78.4 cm³/mol. The van der Waals surface area contributed by atoms with Crippen LogP contribution in [0, 0.1) is 5.82 Å². The van der Waals surface area contributed by atoms with Gasteiger partial charge in [0.1, 0.15) is 18.2 Å². The van der Waals surface area contributed by atoms with Crippen LogP contribution in [0.15, 0.2) is 53.0 Å². The zero-order valence-electron chi connectivity index (χ0n) is 10.6. The highest BCUT2D eigenvalue weighted by Gasteiger charge is 2.05. The van der Waals surface area contributed by atoms with Crippen molar-refractivity contribution in [1.29, 1.82) is 0 Å². The molecule has 0 aliphatic rings. The monoisotopic (exact) mass is 337 g/mol. The molecule has 0 aliphatic heterocycles. The Bertz CT molecular complexity index is 587. The van der Waals surface area contributed by atoms with Gasteiger partial charge >= 0.3 is 0 Å². The molecule has 0 unspecified atom stereocenters. The molecule has 2 rings (SSSR count). The summed E-state index contributed by atoms with van der Waals surface area (Å²) in [4.78, 5) is 11.7. The highest BCUT2D eigenvalue weighted by molar-refractivity contribution is 9.10. The van der Waals surface area contributed by atoms with E-state index in [-0.39, 0.29) is 5.91 Å². The van der Waals surface area contributed by atoms with Gasteiger partial charge in [-0.2, -0.15) is 0 Å². The van der Waals surface area contributed by atoms with Crippen LogP contribution in [0.25, 0.3) is 0 Å². The summed E-state index contributed by atoms with van der Waals surface area (Å²) < 4.78 is 19.4. The van der Waals surface area contributed by atoms with Gasteiger partial charge in [0.2, 0.25) is 0 Å². The van der Waals surface area contributed by atoms with Crippen LogP contribution in [0.2, 0.25) is 0 Å². The Morgan fingerprint density at radius 3 is 2.65 bits per heavy atom. The molecule has 0 radical (unpaired) electrons. The third-order valence-corrected chi connectivity index (χ3v) is 3.09. The van der Waals surface area contributed by atoms with Crippen LogP contribution in [0.3, 0.4) is 0 Å². The molecule has 2 aromatic rings. The topological polar surface area (TPSA) is 38.3 Å². The highest BCUT2D eigenvalue weighted by Crippen LogP contribution is 2.15. The fraction of sp³-hybridized carbons (Fsp3) is 0.133. The van der Waals surface area contributed by atoms with Crippen molar-refractivity contribution in [3.8, 4) is 5.75 Å². The second-order valence-corrected chi connectivity index (χ2v) is 4.98. The maximum Gasteiger partial charge on any atom is 0.251 e. The van der Waals surface area contributed by atoms with Crippen molar-refractivity contribution in [2.45, 2.75) is 0 Å². The lowest BCUT2D eigenvalue weighted by molar-refractivity contribution is 0.0946. The van der Waals surface area contributed by atoms with E-state index in [1.165, 1.54) is 18.2 Å². The molecule has 0 aromatic heterocycles. The smallest absolute Gasteiger partial charge is 0.251 e. The van der Waals surface area contributed by atoms with E-state index in [9.17, 15) is 9.18 Å². The lowest BCUT2D eigenvalue weighted by atomic mass is 10.2. The predicted octanol–water partition coefficient (Wildman–Crippen LogP) is 3.40. The van der Waals surface area contributed by atoms with Crippen molar-refractivity contribution in [1.82, 2.24) is 5.32 Å². The van der Waals surface area contributed by atoms with Gasteiger partial charge in [0, 0.05) is 10.0 Å². The molecule has 104 valence electrons. The van der Waals surface area contributed by atoms with Crippen molar-refractivity contribution in [3.63, 3.8) is 0 Å². The summed E-state index contributed by atoms with van der Waals surface area (Å²) in [6.07, 6.45) is 0. The lowest BCUT2D eigenvalue weighted by Gasteiger charge is -2.08. The van der Waals surface area contributed by atoms with E-state index in [2.05, 4.69) is 21.2 Å². The average molecular weight is 338 g/mol. The quantitative estimate of drug-likeness (QED) is 0.849. The van der Waals surface area contributed by atoms with Crippen LogP contribution in [-0.2, 0) is 0 Å². The maximum absolute atomic E-state index is 13.0. The fourth-order valence-electron chi connectivity index (χ4n) is 1.60. The second-order valence-electron chi connectivity index (χ2n) is 4.07. The van der Waals surface area contributed by atoms with Gasteiger partial charge in [-0.15, -0.1) is 0 Å². The third kappa shape index (κ3) is 4.35. The Labute approximate surface area is 124 Å². The van der Waals surface area contributed by atoms with Crippen molar-refractivity contribution in [3.05, 3.63) is 64.4 Å². The molecule has 0 saturated carbocycles. The maximum atomic E-state index is 13.0. The van der Waals surface area contributed by atoms with Crippen LogP contribution >= 0.6 is 15.9 Å². The summed E-state index contributed by atoms with van der Waals surface area (Å²) >= 11 is 3.33. The molecule has 3 nitrogen and oxygen atoms in total. The van der Waals surface area contributed by atoms with E-state index < -0.39 is 5.82 Å². The Hall–Kier alpha value is -1.88. The van der Waals surface area contributed by atoms with Gasteiger partial charge in [0.05, 0.1) is 6.54 Å². The van der Waals surface area contributed by atoms with Crippen molar-refractivity contribution >= 4 is 21.8 Å². The first kappa shape index (κ1) is 14.5. The van der Waals surface area contributed by atoms with E-state index >= 15 is 0 Å². The summed E-state index contributed by atoms with van der Waals surface area (Å²) in [6, 6.07) is 13.0. The molecule has 0 fully saturated rings. The van der Waals surface area contributed by atoms with E-state index in [1.54, 1.807) is 6.07 Å². The zero-order valence-corrected chi connectivity index (χ0v) is 12.2. The van der Waals surface area contributed by atoms with Gasteiger partial charge in [0.25, 0.3) is 5.91 Å². The summed E-state index contributed by atoms with van der Waals surface area (Å²) in [5.74, 6) is -0.0131. The fourth-order valence-corrected chi connectivity index (χ4v) is 1.86. The number of benzene rings is 2. The van der Waals surface area contributed by atoms with Gasteiger partial charge in [-0.05, 0) is 42.5 Å². The number of rotatable bonds is 5. The lowest BCUT2D eigenvalue weighted by Crippen LogP contribution is -2.28. The van der Waals surface area contributed by atoms with E-state index in [4.69, 9.17) is 4.74 Å². The molecule has 2 aromatic carbocycles. The number of amides is 1. The normalized spacial score (nSPS) is 10.1. The number of carbonyl (C=O) groups is 1. The van der Waals surface area contributed by atoms with Gasteiger partial charge in [-0.1, -0.05) is 22.0 Å². The van der Waals surface area contributed by atoms with Crippen LogP contribution in [-0.4, -0.2) is 19.1 Å². The molecule has 20 heavy (non-hydrogen) atoms. The van der Waals surface area contributed by atoms with E-state index in [0.29, 0.717) is 18.7 Å². The highest BCUT2D eigenvalue weighted by atomic mass is 79.9. The SMILES string of the molecule is O=C(NCCOc1ccc(Br)cc1)c1cccc(F)c1. The first-order chi connectivity index (χ1) is 9.65. The third-order valence-electron chi connectivity index (χ3n) is 2.56. The van der Waals surface area contributed by atoms with Crippen LogP contribution < -0.4 is 10.1 Å². The Balaban J connectivity index is 1.76. The van der Waals surface area contributed by atoms with Crippen molar-refractivity contribution in [2.24, 2.45) is 0 Å². The molecular weight excluding hydrogens is 325 g/mol. The number of hydrogen-bond donors (Lipinski definition) is 1. The Kier molecular flexibility index (Phi) is 5.12. The second kappa shape index (κ2) is 7.05. The largest absolute Gasteiger partial charge is 0.492 e. The Morgan fingerprint density at radius 2 is 1.95 bits per heavy atom. The van der Waals surface area contributed by atoms with Crippen LogP contribution in [0.4, 0.5) is 4.39 Å². The first-order valence-electron chi connectivity index (χ1n) is 6.07. The minimum atomic E-state index is -0.427. The molecular formula is C15H13BrFNO2. The minimum absolute atomic E-state index is 0.300. The number of hydrogen-bond acceptors (Lipinski definition) is 2. The summed E-state index contributed by atoms with van der Waals surface area (Å²) in [5, 5.41) is 2.67. The molecule has 0 atom stereocenters. The summed E-state index contributed by atoms with van der Waals surface area (Å²) in [5.41, 5.74) is 0.300. The van der Waals surface area contributed by atoms with Crippen molar-refractivity contribution in [2.75, 3.05) is 13.2 Å². The molecule has 0 heterocycles. The average Bonchev–Trinajstić information content (AvgIpc) is 2.45. The number of carbonyl (C=O) groups excluding carboxylic acids is 1. The number of halogens is 2. The van der Waals surface area contributed by atoms with Gasteiger partial charge < -0.3 is 10.1 Å². The molecule has 0 spiro atoms. The van der Waals surface area contributed by atoms with Crippen LogP contribution in [0.1, 0.15) is 10.4 Å². The molecule has 1 N–H and O–H groups in total. The number of nitrogens with one attached hydrogen (secondary N) is 1. The first-order valence-corrected chi connectivity index (χ1v) is 6.86.